The molecule has 0 heterocycles. The Morgan fingerprint density at radius 3 is 1.83 bits per heavy atom. The zero-order chi connectivity index (χ0) is 9.56. The molecule has 0 atom stereocenters. The Hall–Kier alpha value is -1.43. The van der Waals surface area contributed by atoms with Gasteiger partial charge in [-0.25, -0.2) is 8.78 Å². The van der Waals surface area contributed by atoms with Crippen LogP contribution in [0.15, 0.2) is 18.2 Å². The third kappa shape index (κ3) is 2.31. The molecule has 1 aromatic carbocycles. The summed E-state index contributed by atoms with van der Waals surface area (Å²) in [6.45, 7) is 4.00. The van der Waals surface area contributed by atoms with Crippen molar-refractivity contribution in [3.05, 3.63) is 35.4 Å². The quantitative estimate of drug-likeness (QED) is 0.585. The molecule has 1 rings (SSSR count). The highest BCUT2D eigenvalue weighted by molar-refractivity contribution is 5.31. The SMILES string of the molecule is CC.N#Cc1c(F)cccc1F. The molecule has 0 saturated carbocycles. The Bertz CT molecular complexity index is 269. The first-order valence-corrected chi connectivity index (χ1v) is 3.60. The molecule has 0 saturated heterocycles. The smallest absolute Gasteiger partial charge is 0.143 e. The van der Waals surface area contributed by atoms with E-state index in [1.54, 1.807) is 0 Å². The molecule has 1 aromatic rings. The summed E-state index contributed by atoms with van der Waals surface area (Å²) in [4.78, 5) is 0. The van der Waals surface area contributed by atoms with Gasteiger partial charge in [-0.15, -0.1) is 0 Å². The molecule has 0 aliphatic heterocycles. The Labute approximate surface area is 70.3 Å². The van der Waals surface area contributed by atoms with E-state index in [1.807, 2.05) is 13.8 Å². The van der Waals surface area contributed by atoms with E-state index in [0.717, 1.165) is 12.1 Å². The zero-order valence-electron chi connectivity index (χ0n) is 6.94. The lowest BCUT2D eigenvalue weighted by atomic mass is 10.2. The maximum Gasteiger partial charge on any atom is 0.143 e. The molecule has 0 aliphatic rings. The van der Waals surface area contributed by atoms with Gasteiger partial charge in [-0.3, -0.25) is 0 Å². The van der Waals surface area contributed by atoms with Gasteiger partial charge in [0.1, 0.15) is 23.3 Å². The topological polar surface area (TPSA) is 23.8 Å². The van der Waals surface area contributed by atoms with Crippen molar-refractivity contribution in [2.45, 2.75) is 13.8 Å². The van der Waals surface area contributed by atoms with E-state index in [1.165, 1.54) is 12.1 Å². The van der Waals surface area contributed by atoms with Crippen LogP contribution in [0.3, 0.4) is 0 Å². The van der Waals surface area contributed by atoms with Crippen LogP contribution in [0, 0.1) is 23.0 Å². The average molecular weight is 169 g/mol. The van der Waals surface area contributed by atoms with Gasteiger partial charge in [0, 0.05) is 0 Å². The van der Waals surface area contributed by atoms with Gasteiger partial charge in [-0.05, 0) is 12.1 Å². The van der Waals surface area contributed by atoms with Crippen molar-refractivity contribution in [2.75, 3.05) is 0 Å². The number of halogens is 2. The van der Waals surface area contributed by atoms with E-state index in [4.69, 9.17) is 5.26 Å². The predicted octanol–water partition coefficient (Wildman–Crippen LogP) is 2.86. The van der Waals surface area contributed by atoms with Gasteiger partial charge >= 0.3 is 0 Å². The summed E-state index contributed by atoms with van der Waals surface area (Å²) in [5.74, 6) is -1.63. The lowest BCUT2D eigenvalue weighted by Gasteiger charge is -1.91. The number of nitrogens with zero attached hydrogens (tertiary/aromatic N) is 1. The highest BCUT2D eigenvalue weighted by Crippen LogP contribution is 2.09. The van der Waals surface area contributed by atoms with E-state index < -0.39 is 17.2 Å². The Balaban J connectivity index is 0.000000561. The van der Waals surface area contributed by atoms with Gasteiger partial charge in [0.25, 0.3) is 0 Å². The van der Waals surface area contributed by atoms with Crippen LogP contribution >= 0.6 is 0 Å². The van der Waals surface area contributed by atoms with Crippen LogP contribution in [0.5, 0.6) is 0 Å². The minimum absolute atomic E-state index is 0.525. The number of nitriles is 1. The van der Waals surface area contributed by atoms with Crippen LogP contribution < -0.4 is 0 Å². The summed E-state index contributed by atoms with van der Waals surface area (Å²) in [5, 5.41) is 8.17. The fraction of sp³-hybridized carbons (Fsp3) is 0.222. The lowest BCUT2D eigenvalue weighted by molar-refractivity contribution is 0.577. The minimum atomic E-state index is -0.817. The number of rotatable bonds is 0. The van der Waals surface area contributed by atoms with Gasteiger partial charge in [0.2, 0.25) is 0 Å². The molecule has 64 valence electrons. The summed E-state index contributed by atoms with van der Waals surface area (Å²) in [6, 6.07) is 4.71. The van der Waals surface area contributed by atoms with Crippen LogP contribution in [0.2, 0.25) is 0 Å². The molecule has 0 aliphatic carbocycles. The summed E-state index contributed by atoms with van der Waals surface area (Å²) in [7, 11) is 0. The first kappa shape index (κ1) is 10.6. The highest BCUT2D eigenvalue weighted by atomic mass is 19.1. The van der Waals surface area contributed by atoms with E-state index in [0.29, 0.717) is 0 Å². The monoisotopic (exact) mass is 169 g/mol. The molecule has 0 spiro atoms. The summed E-state index contributed by atoms with van der Waals surface area (Å²) in [5.41, 5.74) is -0.525. The molecule has 3 heteroatoms. The van der Waals surface area contributed by atoms with E-state index in [-0.39, 0.29) is 0 Å². The van der Waals surface area contributed by atoms with Crippen molar-refractivity contribution in [3.63, 3.8) is 0 Å². The fourth-order valence-corrected chi connectivity index (χ4v) is 0.605. The van der Waals surface area contributed by atoms with E-state index in [9.17, 15) is 8.78 Å². The summed E-state index contributed by atoms with van der Waals surface area (Å²) in [6.07, 6.45) is 0. The van der Waals surface area contributed by atoms with E-state index >= 15 is 0 Å². The molecule has 0 unspecified atom stereocenters. The fourth-order valence-electron chi connectivity index (χ4n) is 0.605. The van der Waals surface area contributed by atoms with Crippen molar-refractivity contribution >= 4 is 0 Å². The maximum atomic E-state index is 12.4. The second-order valence-corrected chi connectivity index (χ2v) is 1.71. The molecule has 0 N–H and O–H groups in total. The highest BCUT2D eigenvalue weighted by Gasteiger charge is 2.04. The summed E-state index contributed by atoms with van der Waals surface area (Å²) >= 11 is 0. The zero-order valence-corrected chi connectivity index (χ0v) is 6.94. The second-order valence-electron chi connectivity index (χ2n) is 1.71. The number of benzene rings is 1. The molecule has 0 bridgehead atoms. The standard InChI is InChI=1S/C7H3F2N.C2H6/c8-6-2-1-3-7(9)5(6)4-10;1-2/h1-3H;1-2H3. The number of hydrogen-bond donors (Lipinski definition) is 0. The molecule has 0 aromatic heterocycles. The third-order valence-electron chi connectivity index (χ3n) is 1.07. The Kier molecular flexibility index (Phi) is 4.62. The van der Waals surface area contributed by atoms with E-state index in [2.05, 4.69) is 0 Å². The Morgan fingerprint density at radius 2 is 1.58 bits per heavy atom. The minimum Gasteiger partial charge on any atom is -0.205 e. The Morgan fingerprint density at radius 1 is 1.17 bits per heavy atom. The summed E-state index contributed by atoms with van der Waals surface area (Å²) < 4.78 is 24.8. The van der Waals surface area contributed by atoms with Crippen LogP contribution in [0.4, 0.5) is 8.78 Å². The van der Waals surface area contributed by atoms with Crippen molar-refractivity contribution in [1.82, 2.24) is 0 Å². The van der Waals surface area contributed by atoms with Crippen LogP contribution in [0.25, 0.3) is 0 Å². The lowest BCUT2D eigenvalue weighted by Crippen LogP contribution is -1.87. The first-order chi connectivity index (χ1) is 5.75. The molecule has 0 fully saturated rings. The van der Waals surface area contributed by atoms with Gasteiger partial charge < -0.3 is 0 Å². The van der Waals surface area contributed by atoms with Gasteiger partial charge in [0.15, 0.2) is 0 Å². The van der Waals surface area contributed by atoms with Gasteiger partial charge in [-0.1, -0.05) is 19.9 Å². The largest absolute Gasteiger partial charge is 0.205 e. The third-order valence-corrected chi connectivity index (χ3v) is 1.07. The second kappa shape index (κ2) is 5.25. The first-order valence-electron chi connectivity index (χ1n) is 3.60. The molecular formula is C9H9F2N. The maximum absolute atomic E-state index is 12.4. The molecule has 0 amide bonds. The van der Waals surface area contributed by atoms with Crippen molar-refractivity contribution in [3.8, 4) is 6.07 Å². The predicted molar refractivity (Wildman–Crippen MR) is 42.4 cm³/mol. The van der Waals surface area contributed by atoms with Crippen molar-refractivity contribution < 1.29 is 8.78 Å². The molecular weight excluding hydrogens is 160 g/mol. The van der Waals surface area contributed by atoms with Gasteiger partial charge in [0.05, 0.1) is 0 Å². The molecule has 12 heavy (non-hydrogen) atoms. The van der Waals surface area contributed by atoms with Crippen LogP contribution in [-0.2, 0) is 0 Å². The normalized spacial score (nSPS) is 7.92. The average Bonchev–Trinajstić information content (AvgIpc) is 2.08. The van der Waals surface area contributed by atoms with Crippen molar-refractivity contribution in [2.24, 2.45) is 0 Å². The molecule has 0 radical (unpaired) electrons. The van der Waals surface area contributed by atoms with Crippen LogP contribution in [-0.4, -0.2) is 0 Å². The molecule has 1 nitrogen and oxygen atoms in total. The van der Waals surface area contributed by atoms with Gasteiger partial charge in [-0.2, -0.15) is 5.26 Å². The van der Waals surface area contributed by atoms with Crippen LogP contribution in [0.1, 0.15) is 19.4 Å². The van der Waals surface area contributed by atoms with Crippen molar-refractivity contribution in [1.29, 1.82) is 5.26 Å². The number of hydrogen-bond acceptors (Lipinski definition) is 1.